The summed E-state index contributed by atoms with van der Waals surface area (Å²) in [4.78, 5) is 12.1. The Bertz CT molecular complexity index is 967. The molecule has 2 atom stereocenters. The number of anilines is 1. The lowest BCUT2D eigenvalue weighted by Crippen LogP contribution is -2.36. The number of nitrogens with one attached hydrogen (secondary N) is 2. The van der Waals surface area contributed by atoms with E-state index in [2.05, 4.69) is 17.6 Å². The average Bonchev–Trinajstić information content (AvgIpc) is 2.77. The molecule has 0 spiro atoms. The van der Waals surface area contributed by atoms with Gasteiger partial charge in [0.15, 0.2) is 0 Å². The molecule has 0 saturated carbocycles. The van der Waals surface area contributed by atoms with E-state index >= 15 is 0 Å². The lowest BCUT2D eigenvalue weighted by Gasteiger charge is -2.18. The van der Waals surface area contributed by atoms with Gasteiger partial charge >= 0.3 is 0 Å². The van der Waals surface area contributed by atoms with Crippen LogP contribution in [0.25, 0.3) is 10.8 Å². The third-order valence-electron chi connectivity index (χ3n) is 5.26. The summed E-state index contributed by atoms with van der Waals surface area (Å²) in [7, 11) is 0. The molecule has 1 amide bonds. The van der Waals surface area contributed by atoms with Gasteiger partial charge in [-0.3, -0.25) is 4.79 Å². The smallest absolute Gasteiger partial charge is 0.224 e. The number of hydrogen-bond acceptors (Lipinski definition) is 4. The fourth-order valence-electron chi connectivity index (χ4n) is 3.43. The van der Waals surface area contributed by atoms with E-state index in [0.29, 0.717) is 13.0 Å². The summed E-state index contributed by atoms with van der Waals surface area (Å²) in [5.74, 6) is 0.810. The first-order valence-electron chi connectivity index (χ1n) is 10.9. The molecule has 31 heavy (non-hydrogen) atoms. The number of benzene rings is 3. The fourth-order valence-corrected chi connectivity index (χ4v) is 3.43. The SMILES string of the molecule is Cc1ccc(NC(=O)CCCC(C)NCC(O)COc2cccc3ccccc23)cc1. The first-order chi connectivity index (χ1) is 15.0. The van der Waals surface area contributed by atoms with Gasteiger partial charge < -0.3 is 20.5 Å². The van der Waals surface area contributed by atoms with Crippen molar-refractivity contribution in [3.63, 3.8) is 0 Å². The van der Waals surface area contributed by atoms with Crippen LogP contribution < -0.4 is 15.4 Å². The molecule has 0 aliphatic carbocycles. The van der Waals surface area contributed by atoms with E-state index in [9.17, 15) is 9.90 Å². The van der Waals surface area contributed by atoms with Crippen LogP contribution in [0.5, 0.6) is 5.75 Å². The van der Waals surface area contributed by atoms with Gasteiger partial charge in [0.2, 0.25) is 5.91 Å². The Labute approximate surface area is 184 Å². The Hall–Kier alpha value is -2.89. The molecule has 0 fully saturated rings. The minimum absolute atomic E-state index is 0.0274. The van der Waals surface area contributed by atoms with E-state index in [1.54, 1.807) is 0 Å². The number of amides is 1. The summed E-state index contributed by atoms with van der Waals surface area (Å²) in [6.07, 6.45) is 1.52. The molecule has 0 aliphatic rings. The van der Waals surface area contributed by atoms with E-state index in [0.717, 1.165) is 35.1 Å². The highest BCUT2D eigenvalue weighted by atomic mass is 16.5. The number of aliphatic hydroxyl groups excluding tert-OH is 1. The van der Waals surface area contributed by atoms with Gasteiger partial charge in [-0.25, -0.2) is 0 Å². The molecule has 3 aromatic rings. The molecule has 5 nitrogen and oxygen atoms in total. The molecule has 3 rings (SSSR count). The Kier molecular flexibility index (Phi) is 8.44. The second-order valence-corrected chi connectivity index (χ2v) is 8.06. The van der Waals surface area contributed by atoms with Crippen molar-refractivity contribution >= 4 is 22.4 Å². The van der Waals surface area contributed by atoms with Gasteiger partial charge in [-0.1, -0.05) is 54.1 Å². The second kappa shape index (κ2) is 11.5. The molecule has 0 saturated heterocycles. The van der Waals surface area contributed by atoms with E-state index < -0.39 is 6.10 Å². The quantitative estimate of drug-likeness (QED) is 0.421. The summed E-state index contributed by atoms with van der Waals surface area (Å²) in [6.45, 7) is 4.76. The zero-order chi connectivity index (χ0) is 22.1. The van der Waals surface area contributed by atoms with Gasteiger partial charge in [-0.2, -0.15) is 0 Å². The van der Waals surface area contributed by atoms with Crippen molar-refractivity contribution in [2.24, 2.45) is 0 Å². The summed E-state index contributed by atoms with van der Waals surface area (Å²) in [5, 5.41) is 18.7. The van der Waals surface area contributed by atoms with Crippen LogP contribution >= 0.6 is 0 Å². The average molecular weight is 421 g/mol. The summed E-state index contributed by atoms with van der Waals surface area (Å²) in [6, 6.07) is 22.0. The minimum Gasteiger partial charge on any atom is -0.490 e. The topological polar surface area (TPSA) is 70.6 Å². The van der Waals surface area contributed by atoms with Crippen LogP contribution in [0.15, 0.2) is 66.7 Å². The molecule has 0 heterocycles. The van der Waals surface area contributed by atoms with Crippen LogP contribution in [0.1, 0.15) is 31.7 Å². The van der Waals surface area contributed by atoms with Crippen LogP contribution in [0.4, 0.5) is 5.69 Å². The van der Waals surface area contributed by atoms with Crippen LogP contribution in [0.2, 0.25) is 0 Å². The van der Waals surface area contributed by atoms with Gasteiger partial charge in [-0.05, 0) is 50.3 Å². The molecule has 164 valence electrons. The van der Waals surface area contributed by atoms with Crippen molar-refractivity contribution in [2.75, 3.05) is 18.5 Å². The highest BCUT2D eigenvalue weighted by molar-refractivity contribution is 5.90. The predicted octanol–water partition coefficient (Wildman–Crippen LogP) is 4.68. The third-order valence-corrected chi connectivity index (χ3v) is 5.26. The number of aryl methyl sites for hydroxylation is 1. The number of ether oxygens (including phenoxy) is 1. The molecular formula is C26H32N2O3. The Balaban J connectivity index is 1.32. The molecule has 3 N–H and O–H groups in total. The molecular weight excluding hydrogens is 388 g/mol. The second-order valence-electron chi connectivity index (χ2n) is 8.06. The van der Waals surface area contributed by atoms with Crippen molar-refractivity contribution < 1.29 is 14.6 Å². The number of aliphatic hydroxyl groups is 1. The number of carbonyl (C=O) groups is 1. The zero-order valence-corrected chi connectivity index (χ0v) is 18.3. The van der Waals surface area contributed by atoms with Gasteiger partial charge in [0.25, 0.3) is 0 Å². The number of rotatable bonds is 11. The molecule has 3 aromatic carbocycles. The van der Waals surface area contributed by atoms with Crippen LogP contribution in [-0.4, -0.2) is 36.3 Å². The predicted molar refractivity (Wildman–Crippen MR) is 127 cm³/mol. The molecule has 0 radical (unpaired) electrons. The standard InChI is InChI=1S/C26H32N2O3/c1-19-13-15-22(16-14-19)28-26(30)12-5-7-20(2)27-17-23(29)18-31-25-11-6-9-21-8-3-4-10-24(21)25/h3-4,6,8-11,13-16,20,23,27,29H,5,7,12,17-18H2,1-2H3,(H,28,30). The van der Waals surface area contributed by atoms with E-state index in [4.69, 9.17) is 4.74 Å². The highest BCUT2D eigenvalue weighted by Gasteiger charge is 2.10. The largest absolute Gasteiger partial charge is 0.490 e. The maximum absolute atomic E-state index is 12.1. The zero-order valence-electron chi connectivity index (χ0n) is 18.3. The number of fused-ring (bicyclic) bond motifs is 1. The first kappa shape index (κ1) is 22.8. The lowest BCUT2D eigenvalue weighted by molar-refractivity contribution is -0.116. The van der Waals surface area contributed by atoms with Gasteiger partial charge in [0, 0.05) is 30.1 Å². The third kappa shape index (κ3) is 7.39. The van der Waals surface area contributed by atoms with Crippen molar-refractivity contribution in [1.29, 1.82) is 0 Å². The minimum atomic E-state index is -0.605. The molecule has 0 bridgehead atoms. The van der Waals surface area contributed by atoms with Crippen molar-refractivity contribution in [3.05, 3.63) is 72.3 Å². The van der Waals surface area contributed by atoms with Crippen LogP contribution in [0.3, 0.4) is 0 Å². The number of carbonyl (C=O) groups excluding carboxylic acids is 1. The summed E-state index contributed by atoms with van der Waals surface area (Å²) in [5.41, 5.74) is 2.00. The molecule has 0 aromatic heterocycles. The van der Waals surface area contributed by atoms with E-state index in [-0.39, 0.29) is 18.6 Å². The van der Waals surface area contributed by atoms with Crippen LogP contribution in [0, 0.1) is 6.92 Å². The van der Waals surface area contributed by atoms with E-state index in [1.165, 1.54) is 5.56 Å². The lowest BCUT2D eigenvalue weighted by atomic mass is 10.1. The highest BCUT2D eigenvalue weighted by Crippen LogP contribution is 2.25. The monoisotopic (exact) mass is 420 g/mol. The van der Waals surface area contributed by atoms with Gasteiger partial charge in [-0.15, -0.1) is 0 Å². The maximum Gasteiger partial charge on any atom is 0.224 e. The number of hydrogen-bond donors (Lipinski definition) is 3. The fraction of sp³-hybridized carbons (Fsp3) is 0.346. The van der Waals surface area contributed by atoms with Crippen LogP contribution in [-0.2, 0) is 4.79 Å². The Morgan fingerprint density at radius 3 is 2.58 bits per heavy atom. The maximum atomic E-state index is 12.1. The van der Waals surface area contributed by atoms with Crippen molar-refractivity contribution in [2.45, 2.75) is 45.3 Å². The molecule has 0 aliphatic heterocycles. The Morgan fingerprint density at radius 1 is 1.03 bits per heavy atom. The summed E-state index contributed by atoms with van der Waals surface area (Å²) < 4.78 is 5.85. The van der Waals surface area contributed by atoms with E-state index in [1.807, 2.05) is 73.7 Å². The summed E-state index contributed by atoms with van der Waals surface area (Å²) >= 11 is 0. The molecule has 2 unspecified atom stereocenters. The van der Waals surface area contributed by atoms with Crippen molar-refractivity contribution in [3.8, 4) is 5.75 Å². The van der Waals surface area contributed by atoms with Gasteiger partial charge in [0.05, 0.1) is 0 Å². The normalized spacial score (nSPS) is 13.0. The first-order valence-corrected chi connectivity index (χ1v) is 10.9. The van der Waals surface area contributed by atoms with Crippen molar-refractivity contribution in [1.82, 2.24) is 5.32 Å². The van der Waals surface area contributed by atoms with Gasteiger partial charge in [0.1, 0.15) is 18.5 Å². The Morgan fingerprint density at radius 2 is 1.77 bits per heavy atom. The molecule has 5 heteroatoms.